The SMILES string of the molecule is CCNC(=NCC(C)N1CCOCC1C)NC(C)COC.I. The molecule has 1 aliphatic rings. The number of methoxy groups -OCH3 is 1. The molecule has 132 valence electrons. The fourth-order valence-electron chi connectivity index (χ4n) is 2.57. The first kappa shape index (κ1) is 21.9. The molecule has 3 unspecified atom stereocenters. The Balaban J connectivity index is 0.00000441. The molecular weight excluding hydrogens is 395 g/mol. The normalized spacial score (nSPS) is 22.6. The van der Waals surface area contributed by atoms with Crippen LogP contribution in [-0.4, -0.2) is 75.5 Å². The third-order valence-electron chi connectivity index (χ3n) is 3.64. The Morgan fingerprint density at radius 2 is 2.18 bits per heavy atom. The molecule has 1 heterocycles. The Morgan fingerprint density at radius 1 is 1.45 bits per heavy atom. The number of hydrogen-bond donors (Lipinski definition) is 2. The van der Waals surface area contributed by atoms with Gasteiger partial charge in [0.25, 0.3) is 0 Å². The van der Waals surface area contributed by atoms with Gasteiger partial charge in [-0.2, -0.15) is 0 Å². The lowest BCUT2D eigenvalue weighted by atomic mass is 10.2. The minimum atomic E-state index is 0. The number of nitrogens with zero attached hydrogens (tertiary/aromatic N) is 2. The summed E-state index contributed by atoms with van der Waals surface area (Å²) in [7, 11) is 1.71. The highest BCUT2D eigenvalue weighted by Gasteiger charge is 2.23. The highest BCUT2D eigenvalue weighted by molar-refractivity contribution is 14.0. The van der Waals surface area contributed by atoms with Crippen LogP contribution in [0.25, 0.3) is 0 Å². The van der Waals surface area contributed by atoms with E-state index in [1.807, 2.05) is 0 Å². The van der Waals surface area contributed by atoms with Gasteiger partial charge in [-0.05, 0) is 27.7 Å². The maximum Gasteiger partial charge on any atom is 0.191 e. The molecule has 0 aromatic heterocycles. The van der Waals surface area contributed by atoms with E-state index >= 15 is 0 Å². The van der Waals surface area contributed by atoms with Crippen molar-refractivity contribution >= 4 is 29.9 Å². The highest BCUT2D eigenvalue weighted by atomic mass is 127. The minimum Gasteiger partial charge on any atom is -0.383 e. The van der Waals surface area contributed by atoms with Crippen molar-refractivity contribution in [2.24, 2.45) is 4.99 Å². The first-order valence-electron chi connectivity index (χ1n) is 7.95. The van der Waals surface area contributed by atoms with Crippen molar-refractivity contribution in [3.05, 3.63) is 0 Å². The standard InChI is InChI=1S/C15H32N4O2.HI/c1-6-16-15(18-12(2)10-20-5)17-9-13(3)19-7-8-21-11-14(19)4;/h12-14H,6-11H2,1-5H3,(H2,16,17,18);1H. The Labute approximate surface area is 152 Å². The number of aliphatic imine (C=N–C) groups is 1. The van der Waals surface area contributed by atoms with Gasteiger partial charge in [-0.25, -0.2) is 0 Å². The molecule has 1 rings (SSSR count). The van der Waals surface area contributed by atoms with Crippen LogP contribution in [0.5, 0.6) is 0 Å². The smallest absolute Gasteiger partial charge is 0.191 e. The maximum absolute atomic E-state index is 5.49. The lowest BCUT2D eigenvalue weighted by Crippen LogP contribution is -2.50. The van der Waals surface area contributed by atoms with Crippen molar-refractivity contribution in [2.45, 2.75) is 45.8 Å². The summed E-state index contributed by atoms with van der Waals surface area (Å²) in [5, 5.41) is 6.64. The number of guanidine groups is 1. The quantitative estimate of drug-likeness (QED) is 0.364. The molecule has 0 radical (unpaired) electrons. The number of rotatable bonds is 7. The zero-order valence-electron chi connectivity index (χ0n) is 14.6. The van der Waals surface area contributed by atoms with Crippen LogP contribution in [0.2, 0.25) is 0 Å². The molecule has 0 aromatic rings. The molecule has 1 aliphatic heterocycles. The Hall–Kier alpha value is -0.120. The molecule has 0 amide bonds. The minimum absolute atomic E-state index is 0. The fourth-order valence-corrected chi connectivity index (χ4v) is 2.57. The summed E-state index contributed by atoms with van der Waals surface area (Å²) < 4.78 is 10.6. The van der Waals surface area contributed by atoms with E-state index in [2.05, 4.69) is 43.2 Å². The van der Waals surface area contributed by atoms with Gasteiger partial charge < -0.3 is 20.1 Å². The molecule has 22 heavy (non-hydrogen) atoms. The van der Waals surface area contributed by atoms with Crippen LogP contribution in [0.3, 0.4) is 0 Å². The molecule has 0 aliphatic carbocycles. The van der Waals surface area contributed by atoms with Gasteiger partial charge in [0.2, 0.25) is 0 Å². The van der Waals surface area contributed by atoms with E-state index in [1.54, 1.807) is 7.11 Å². The second-order valence-corrected chi connectivity index (χ2v) is 5.73. The third kappa shape index (κ3) is 7.94. The van der Waals surface area contributed by atoms with Crippen molar-refractivity contribution < 1.29 is 9.47 Å². The molecular formula is C15H33IN4O2. The number of nitrogens with one attached hydrogen (secondary N) is 2. The first-order chi connectivity index (χ1) is 10.1. The van der Waals surface area contributed by atoms with Crippen molar-refractivity contribution in [2.75, 3.05) is 46.6 Å². The lowest BCUT2D eigenvalue weighted by Gasteiger charge is -2.37. The van der Waals surface area contributed by atoms with Crippen LogP contribution in [-0.2, 0) is 9.47 Å². The lowest BCUT2D eigenvalue weighted by molar-refractivity contribution is -0.0165. The first-order valence-corrected chi connectivity index (χ1v) is 7.95. The van der Waals surface area contributed by atoms with Crippen LogP contribution in [0.15, 0.2) is 4.99 Å². The van der Waals surface area contributed by atoms with E-state index < -0.39 is 0 Å². The number of morpholine rings is 1. The maximum atomic E-state index is 5.49. The Morgan fingerprint density at radius 3 is 2.77 bits per heavy atom. The number of halogens is 1. The van der Waals surface area contributed by atoms with E-state index in [0.717, 1.165) is 38.8 Å². The van der Waals surface area contributed by atoms with E-state index in [0.29, 0.717) is 18.7 Å². The molecule has 0 spiro atoms. The van der Waals surface area contributed by atoms with Gasteiger partial charge >= 0.3 is 0 Å². The zero-order valence-corrected chi connectivity index (χ0v) is 16.9. The van der Waals surface area contributed by atoms with Crippen LogP contribution in [0.1, 0.15) is 27.7 Å². The summed E-state index contributed by atoms with van der Waals surface area (Å²) in [4.78, 5) is 7.17. The second-order valence-electron chi connectivity index (χ2n) is 5.73. The van der Waals surface area contributed by atoms with Crippen molar-refractivity contribution in [3.63, 3.8) is 0 Å². The monoisotopic (exact) mass is 428 g/mol. The summed E-state index contributed by atoms with van der Waals surface area (Å²) in [5.41, 5.74) is 0. The Bertz CT molecular complexity index is 318. The molecule has 0 aromatic carbocycles. The number of ether oxygens (including phenoxy) is 2. The van der Waals surface area contributed by atoms with Crippen LogP contribution < -0.4 is 10.6 Å². The molecule has 3 atom stereocenters. The summed E-state index contributed by atoms with van der Waals surface area (Å²) in [6, 6.07) is 1.12. The van der Waals surface area contributed by atoms with Crippen LogP contribution >= 0.6 is 24.0 Å². The summed E-state index contributed by atoms with van der Waals surface area (Å²) in [6.45, 7) is 13.5. The molecule has 1 fully saturated rings. The molecule has 6 nitrogen and oxygen atoms in total. The second kappa shape index (κ2) is 12.3. The van der Waals surface area contributed by atoms with Crippen molar-refractivity contribution in [1.82, 2.24) is 15.5 Å². The average Bonchev–Trinajstić information content (AvgIpc) is 2.45. The van der Waals surface area contributed by atoms with Gasteiger partial charge in [0.1, 0.15) is 0 Å². The van der Waals surface area contributed by atoms with Gasteiger partial charge in [-0.3, -0.25) is 9.89 Å². The van der Waals surface area contributed by atoms with Crippen LogP contribution in [0, 0.1) is 0 Å². The molecule has 7 heteroatoms. The predicted molar refractivity (Wildman–Crippen MR) is 102 cm³/mol. The van der Waals surface area contributed by atoms with Gasteiger partial charge in [0.05, 0.1) is 26.4 Å². The van der Waals surface area contributed by atoms with Crippen molar-refractivity contribution in [1.29, 1.82) is 0 Å². The van der Waals surface area contributed by atoms with E-state index in [1.165, 1.54) is 0 Å². The Kier molecular flexibility index (Phi) is 12.3. The van der Waals surface area contributed by atoms with Gasteiger partial charge in [-0.15, -0.1) is 24.0 Å². The van der Waals surface area contributed by atoms with E-state index in [9.17, 15) is 0 Å². The topological polar surface area (TPSA) is 58.1 Å². The highest BCUT2D eigenvalue weighted by Crippen LogP contribution is 2.10. The van der Waals surface area contributed by atoms with Crippen molar-refractivity contribution in [3.8, 4) is 0 Å². The summed E-state index contributed by atoms with van der Waals surface area (Å²) in [5.74, 6) is 0.856. The fraction of sp³-hybridized carbons (Fsp3) is 0.933. The average molecular weight is 428 g/mol. The van der Waals surface area contributed by atoms with Gasteiger partial charge in [0, 0.05) is 38.3 Å². The van der Waals surface area contributed by atoms with Gasteiger partial charge in [-0.1, -0.05) is 0 Å². The van der Waals surface area contributed by atoms with E-state index in [4.69, 9.17) is 14.5 Å². The predicted octanol–water partition coefficient (Wildman–Crippen LogP) is 1.30. The largest absolute Gasteiger partial charge is 0.383 e. The summed E-state index contributed by atoms with van der Waals surface area (Å²) in [6.07, 6.45) is 0. The van der Waals surface area contributed by atoms with Crippen LogP contribution in [0.4, 0.5) is 0 Å². The summed E-state index contributed by atoms with van der Waals surface area (Å²) >= 11 is 0. The molecule has 2 N–H and O–H groups in total. The number of hydrogen-bond acceptors (Lipinski definition) is 4. The van der Waals surface area contributed by atoms with E-state index in [-0.39, 0.29) is 30.0 Å². The third-order valence-corrected chi connectivity index (χ3v) is 3.64. The zero-order chi connectivity index (χ0) is 15.7. The molecule has 0 bridgehead atoms. The van der Waals surface area contributed by atoms with Gasteiger partial charge in [0.15, 0.2) is 5.96 Å². The molecule has 0 saturated carbocycles. The molecule has 1 saturated heterocycles.